The molecule has 0 amide bonds. The number of hydrogen-bond donors (Lipinski definition) is 1. The number of carbonyl (C=O) groups is 1. The van der Waals surface area contributed by atoms with Crippen molar-refractivity contribution in [2.24, 2.45) is 0 Å². The Morgan fingerprint density at radius 1 is 1.25 bits per heavy atom. The molecule has 0 aliphatic heterocycles. The lowest BCUT2D eigenvalue weighted by atomic mass is 10.1. The van der Waals surface area contributed by atoms with Crippen LogP contribution in [-0.2, 0) is 16.1 Å². The molecule has 5 heteroatoms. The van der Waals surface area contributed by atoms with Gasteiger partial charge in [-0.15, -0.1) is 0 Å². The summed E-state index contributed by atoms with van der Waals surface area (Å²) in [6.07, 6.45) is 3.76. The van der Waals surface area contributed by atoms with E-state index in [1.165, 1.54) is 0 Å². The van der Waals surface area contributed by atoms with Gasteiger partial charge in [-0.25, -0.2) is 0 Å². The maximum Gasteiger partial charge on any atom is 0.293 e. The van der Waals surface area contributed by atoms with Crippen LogP contribution in [-0.4, -0.2) is 17.2 Å². The van der Waals surface area contributed by atoms with E-state index in [0.717, 1.165) is 5.56 Å². The van der Waals surface area contributed by atoms with Crippen LogP contribution in [0.2, 0.25) is 10.0 Å². The summed E-state index contributed by atoms with van der Waals surface area (Å²) >= 11 is 11.8. The monoisotopic (exact) mass is 318 g/mol. The lowest BCUT2D eigenvalue weighted by Crippen LogP contribution is -2.17. The molecule has 1 rings (SSSR count). The Morgan fingerprint density at radius 2 is 1.85 bits per heavy atom. The highest BCUT2D eigenvalue weighted by molar-refractivity contribution is 6.34. The molecule has 1 aromatic carbocycles. The molecule has 0 spiro atoms. The Hall–Kier alpha value is -1.03. The SMILES string of the molecule is C/C=C/c1cc(Cl)c(CO)cc1Cl.CC(C)(C)OC=O. The van der Waals surface area contributed by atoms with Crippen molar-refractivity contribution < 1.29 is 14.6 Å². The van der Waals surface area contributed by atoms with E-state index in [2.05, 4.69) is 4.74 Å². The number of aliphatic hydroxyl groups excluding tert-OH is 1. The van der Waals surface area contributed by atoms with E-state index in [-0.39, 0.29) is 12.2 Å². The minimum absolute atomic E-state index is 0.0886. The van der Waals surface area contributed by atoms with Gasteiger partial charge in [-0.3, -0.25) is 4.79 Å². The van der Waals surface area contributed by atoms with Gasteiger partial charge in [0.25, 0.3) is 6.47 Å². The van der Waals surface area contributed by atoms with Gasteiger partial charge in [0.1, 0.15) is 5.60 Å². The van der Waals surface area contributed by atoms with Crippen LogP contribution < -0.4 is 0 Å². The molecule has 0 unspecified atom stereocenters. The first-order valence-corrected chi connectivity index (χ1v) is 6.83. The van der Waals surface area contributed by atoms with Crippen molar-refractivity contribution in [3.8, 4) is 0 Å². The molecule has 0 aliphatic rings. The number of benzene rings is 1. The number of aliphatic hydroxyl groups is 1. The Bertz CT molecular complexity index is 463. The van der Waals surface area contributed by atoms with Crippen molar-refractivity contribution in [3.05, 3.63) is 39.4 Å². The van der Waals surface area contributed by atoms with E-state index in [0.29, 0.717) is 22.1 Å². The second kappa shape index (κ2) is 9.01. The standard InChI is InChI=1S/C10H10Cl2O.C5H10O2/c1-2-3-7-4-10(12)8(6-13)5-9(7)11;1-5(2,3)7-4-6/h2-5,13H,6H2,1H3;4H,1-3H3/b3-2+;. The Labute approximate surface area is 130 Å². The quantitative estimate of drug-likeness (QED) is 0.836. The van der Waals surface area contributed by atoms with Crippen LogP contribution in [0.5, 0.6) is 0 Å². The van der Waals surface area contributed by atoms with E-state index in [4.69, 9.17) is 28.3 Å². The zero-order valence-corrected chi connectivity index (χ0v) is 13.6. The molecule has 20 heavy (non-hydrogen) atoms. The first-order chi connectivity index (χ1) is 9.25. The Kier molecular flexibility index (Phi) is 8.54. The third-order valence-corrected chi connectivity index (χ3v) is 2.76. The van der Waals surface area contributed by atoms with Crippen LogP contribution in [0.15, 0.2) is 18.2 Å². The molecule has 3 nitrogen and oxygen atoms in total. The third-order valence-electron chi connectivity index (χ3n) is 2.08. The number of halogens is 2. The van der Waals surface area contributed by atoms with Crippen molar-refractivity contribution >= 4 is 35.8 Å². The second-order valence-corrected chi connectivity index (χ2v) is 5.76. The van der Waals surface area contributed by atoms with Crippen LogP contribution in [0, 0.1) is 0 Å². The first-order valence-electron chi connectivity index (χ1n) is 6.08. The highest BCUT2D eigenvalue weighted by Gasteiger charge is 2.07. The average Bonchev–Trinajstić information content (AvgIpc) is 2.33. The Balaban J connectivity index is 0.000000441. The number of carbonyl (C=O) groups excluding carboxylic acids is 1. The van der Waals surface area contributed by atoms with Crippen LogP contribution in [0.1, 0.15) is 38.8 Å². The zero-order chi connectivity index (χ0) is 15.8. The average molecular weight is 319 g/mol. The molecule has 0 bridgehead atoms. The zero-order valence-electron chi connectivity index (χ0n) is 12.1. The first kappa shape index (κ1) is 19.0. The molecule has 0 saturated carbocycles. The fourth-order valence-electron chi connectivity index (χ4n) is 1.18. The van der Waals surface area contributed by atoms with Gasteiger partial charge in [0.15, 0.2) is 0 Å². The summed E-state index contributed by atoms with van der Waals surface area (Å²) in [5, 5.41) is 10.0. The topological polar surface area (TPSA) is 46.5 Å². The lowest BCUT2D eigenvalue weighted by Gasteiger charge is -2.14. The minimum Gasteiger partial charge on any atom is -0.462 e. The molecule has 0 atom stereocenters. The van der Waals surface area contributed by atoms with Gasteiger partial charge in [0.2, 0.25) is 0 Å². The number of ether oxygens (including phenoxy) is 1. The fraction of sp³-hybridized carbons (Fsp3) is 0.400. The van der Waals surface area contributed by atoms with Gasteiger partial charge in [-0.2, -0.15) is 0 Å². The molecule has 112 valence electrons. The maximum absolute atomic E-state index is 9.60. The summed E-state index contributed by atoms with van der Waals surface area (Å²) in [4.78, 5) is 9.60. The van der Waals surface area contributed by atoms with Gasteiger partial charge >= 0.3 is 0 Å². The molecule has 0 fully saturated rings. The summed E-state index contributed by atoms with van der Waals surface area (Å²) < 4.78 is 4.55. The van der Waals surface area contributed by atoms with E-state index in [1.807, 2.05) is 39.8 Å². The van der Waals surface area contributed by atoms with Crippen LogP contribution >= 0.6 is 23.2 Å². The van der Waals surface area contributed by atoms with E-state index in [1.54, 1.807) is 12.1 Å². The predicted octanol–water partition coefficient (Wildman–Crippen LogP) is 4.48. The van der Waals surface area contributed by atoms with Gasteiger partial charge < -0.3 is 9.84 Å². The molecule has 0 saturated heterocycles. The van der Waals surface area contributed by atoms with E-state index in [9.17, 15) is 4.79 Å². The van der Waals surface area contributed by atoms with Crippen molar-refractivity contribution in [3.63, 3.8) is 0 Å². The Morgan fingerprint density at radius 3 is 2.20 bits per heavy atom. The lowest BCUT2D eigenvalue weighted by molar-refractivity contribution is -0.138. The van der Waals surface area contributed by atoms with Crippen molar-refractivity contribution in [1.29, 1.82) is 0 Å². The summed E-state index contributed by atoms with van der Waals surface area (Å²) in [5.74, 6) is 0. The number of hydrogen-bond acceptors (Lipinski definition) is 3. The molecular formula is C15H20Cl2O3. The van der Waals surface area contributed by atoms with Crippen LogP contribution in [0.25, 0.3) is 6.08 Å². The highest BCUT2D eigenvalue weighted by Crippen LogP contribution is 2.26. The molecule has 1 aromatic rings. The van der Waals surface area contributed by atoms with Gasteiger partial charge in [0, 0.05) is 10.0 Å². The van der Waals surface area contributed by atoms with Gasteiger partial charge in [-0.1, -0.05) is 35.4 Å². The second-order valence-electron chi connectivity index (χ2n) is 4.95. The van der Waals surface area contributed by atoms with Crippen LogP contribution in [0.3, 0.4) is 0 Å². The van der Waals surface area contributed by atoms with Crippen molar-refractivity contribution in [2.75, 3.05) is 0 Å². The molecule has 0 heterocycles. The molecule has 0 aromatic heterocycles. The fourth-order valence-corrected chi connectivity index (χ4v) is 1.66. The number of rotatable bonds is 3. The molecular weight excluding hydrogens is 299 g/mol. The van der Waals surface area contributed by atoms with E-state index < -0.39 is 0 Å². The third kappa shape index (κ3) is 7.53. The van der Waals surface area contributed by atoms with Crippen molar-refractivity contribution in [1.82, 2.24) is 0 Å². The molecule has 1 N–H and O–H groups in total. The summed E-state index contributed by atoms with van der Waals surface area (Å²) in [6, 6.07) is 3.43. The van der Waals surface area contributed by atoms with E-state index >= 15 is 0 Å². The van der Waals surface area contributed by atoms with Crippen molar-refractivity contribution in [2.45, 2.75) is 39.9 Å². The molecule has 0 aliphatic carbocycles. The van der Waals surface area contributed by atoms with Gasteiger partial charge in [0.05, 0.1) is 6.61 Å². The molecule has 0 radical (unpaired) electrons. The maximum atomic E-state index is 9.60. The largest absolute Gasteiger partial charge is 0.462 e. The van der Waals surface area contributed by atoms with Gasteiger partial charge in [-0.05, 0) is 51.0 Å². The van der Waals surface area contributed by atoms with Crippen LogP contribution in [0.4, 0.5) is 0 Å². The smallest absolute Gasteiger partial charge is 0.293 e. The normalized spacial score (nSPS) is 10.9. The summed E-state index contributed by atoms with van der Waals surface area (Å²) in [5.41, 5.74) is 1.20. The number of allylic oxidation sites excluding steroid dienone is 1. The highest BCUT2D eigenvalue weighted by atomic mass is 35.5. The summed E-state index contributed by atoms with van der Waals surface area (Å²) in [6.45, 7) is 7.74. The predicted molar refractivity (Wildman–Crippen MR) is 84.0 cm³/mol. The summed E-state index contributed by atoms with van der Waals surface area (Å²) in [7, 11) is 0. The minimum atomic E-state index is -0.318.